The Labute approximate surface area is 133 Å². The molecule has 1 aromatic rings. The first-order valence-corrected chi connectivity index (χ1v) is 9.20. The summed E-state index contributed by atoms with van der Waals surface area (Å²) in [6.07, 6.45) is 0. The Bertz CT molecular complexity index is 459. The van der Waals surface area contributed by atoms with Crippen LogP contribution in [0.3, 0.4) is 0 Å². The van der Waals surface area contributed by atoms with Gasteiger partial charge in [-0.1, -0.05) is 65.8 Å². The summed E-state index contributed by atoms with van der Waals surface area (Å²) in [4.78, 5) is 0. The highest BCUT2D eigenvalue weighted by molar-refractivity contribution is 7.85. The minimum absolute atomic E-state index is 0.154. The molecular weight excluding hydrogens is 278 g/mol. The van der Waals surface area contributed by atoms with Crippen LogP contribution in [0.4, 0.5) is 0 Å². The molecule has 0 radical (unpaired) electrons. The van der Waals surface area contributed by atoms with E-state index in [4.69, 9.17) is 0 Å². The van der Waals surface area contributed by atoms with Gasteiger partial charge >= 0.3 is 0 Å². The van der Waals surface area contributed by atoms with Crippen LogP contribution in [-0.2, 0) is 16.2 Å². The fourth-order valence-corrected chi connectivity index (χ4v) is 3.78. The molecule has 0 fully saturated rings. The molecule has 0 saturated carbocycles. The first kappa shape index (κ1) is 18.4. The lowest BCUT2D eigenvalue weighted by molar-refractivity contribution is 0.583. The average molecular weight is 310 g/mol. The van der Waals surface area contributed by atoms with Crippen molar-refractivity contribution in [2.24, 2.45) is 5.92 Å². The summed E-state index contributed by atoms with van der Waals surface area (Å²) in [5, 5.41) is 3.54. The molecule has 2 nitrogen and oxygen atoms in total. The van der Waals surface area contributed by atoms with Crippen molar-refractivity contribution in [2.45, 2.75) is 58.2 Å². The maximum Gasteiger partial charge on any atom is 0.0434 e. The van der Waals surface area contributed by atoms with E-state index in [0.717, 1.165) is 0 Å². The SMILES string of the molecule is CNC(CS(=O)C(C)C(C)C)c1ccc(C(C)(C)C)cc1. The lowest BCUT2D eigenvalue weighted by atomic mass is 9.86. The van der Waals surface area contributed by atoms with Gasteiger partial charge in [-0.2, -0.15) is 0 Å². The fourth-order valence-electron chi connectivity index (χ4n) is 2.18. The third-order valence-electron chi connectivity index (χ3n) is 4.21. The van der Waals surface area contributed by atoms with Crippen LogP contribution >= 0.6 is 0 Å². The highest BCUT2D eigenvalue weighted by Crippen LogP contribution is 2.24. The molecule has 0 saturated heterocycles. The Kier molecular flexibility index (Phi) is 6.61. The summed E-state index contributed by atoms with van der Waals surface area (Å²) in [5.41, 5.74) is 2.72. The molecule has 3 unspecified atom stereocenters. The van der Waals surface area contributed by atoms with Gasteiger partial charge in [0.25, 0.3) is 0 Å². The predicted molar refractivity (Wildman–Crippen MR) is 94.3 cm³/mol. The van der Waals surface area contributed by atoms with Gasteiger partial charge in [-0.15, -0.1) is 0 Å². The smallest absolute Gasteiger partial charge is 0.0434 e. The van der Waals surface area contributed by atoms with Crippen molar-refractivity contribution in [2.75, 3.05) is 12.8 Å². The Morgan fingerprint density at radius 1 is 1.10 bits per heavy atom. The fraction of sp³-hybridized carbons (Fsp3) is 0.667. The molecule has 1 aromatic carbocycles. The minimum atomic E-state index is -0.810. The topological polar surface area (TPSA) is 29.1 Å². The molecule has 0 bridgehead atoms. The van der Waals surface area contributed by atoms with Gasteiger partial charge in [0.05, 0.1) is 0 Å². The molecule has 3 heteroatoms. The third-order valence-corrected chi connectivity index (χ3v) is 6.25. The normalized spacial score (nSPS) is 16.8. The van der Waals surface area contributed by atoms with E-state index >= 15 is 0 Å². The summed E-state index contributed by atoms with van der Waals surface area (Å²) < 4.78 is 12.4. The Morgan fingerprint density at radius 3 is 2.00 bits per heavy atom. The summed E-state index contributed by atoms with van der Waals surface area (Å²) in [5.74, 6) is 1.12. The van der Waals surface area contributed by atoms with Crippen LogP contribution in [0.25, 0.3) is 0 Å². The number of benzene rings is 1. The second-order valence-corrected chi connectivity index (χ2v) is 9.05. The van der Waals surface area contributed by atoms with E-state index in [2.05, 4.69) is 71.1 Å². The van der Waals surface area contributed by atoms with Gasteiger partial charge in [0.15, 0.2) is 0 Å². The summed E-state index contributed by atoms with van der Waals surface area (Å²) in [7, 11) is 1.13. The van der Waals surface area contributed by atoms with Crippen molar-refractivity contribution < 1.29 is 4.21 Å². The molecule has 0 spiro atoms. The first-order chi connectivity index (χ1) is 9.66. The van der Waals surface area contributed by atoms with E-state index in [1.807, 2.05) is 7.05 Å². The molecule has 3 atom stereocenters. The van der Waals surface area contributed by atoms with Gasteiger partial charge in [0.2, 0.25) is 0 Å². The molecule has 0 aliphatic heterocycles. The standard InChI is InChI=1S/C18H31NOS/c1-13(2)14(3)21(20)12-17(19-7)15-8-10-16(11-9-15)18(4,5)6/h8-11,13-14,17,19H,12H2,1-7H3. The maximum atomic E-state index is 12.4. The second kappa shape index (κ2) is 7.55. The lowest BCUT2D eigenvalue weighted by Crippen LogP contribution is -2.28. The van der Waals surface area contributed by atoms with Crippen LogP contribution in [0, 0.1) is 5.92 Å². The molecular formula is C18H31NOS. The molecule has 1 rings (SSSR count). The quantitative estimate of drug-likeness (QED) is 0.859. The Balaban J connectivity index is 2.84. The number of rotatable bonds is 6. The molecule has 0 amide bonds. The van der Waals surface area contributed by atoms with Gasteiger partial charge < -0.3 is 5.32 Å². The van der Waals surface area contributed by atoms with Gasteiger partial charge in [-0.25, -0.2) is 0 Å². The monoisotopic (exact) mass is 309 g/mol. The number of hydrogen-bond donors (Lipinski definition) is 1. The van der Waals surface area contributed by atoms with Crippen LogP contribution in [0.5, 0.6) is 0 Å². The predicted octanol–water partition coefficient (Wildman–Crippen LogP) is 4.04. The summed E-state index contributed by atoms with van der Waals surface area (Å²) >= 11 is 0. The van der Waals surface area contributed by atoms with Crippen molar-refractivity contribution in [1.82, 2.24) is 5.32 Å². The first-order valence-electron chi connectivity index (χ1n) is 7.81. The highest BCUT2D eigenvalue weighted by Gasteiger charge is 2.20. The van der Waals surface area contributed by atoms with E-state index in [1.54, 1.807) is 0 Å². The van der Waals surface area contributed by atoms with E-state index in [-0.39, 0.29) is 16.7 Å². The van der Waals surface area contributed by atoms with E-state index in [9.17, 15) is 4.21 Å². The Morgan fingerprint density at radius 2 is 1.62 bits per heavy atom. The highest BCUT2D eigenvalue weighted by atomic mass is 32.2. The van der Waals surface area contributed by atoms with Gasteiger partial charge in [-0.3, -0.25) is 4.21 Å². The lowest BCUT2D eigenvalue weighted by Gasteiger charge is -2.23. The van der Waals surface area contributed by atoms with Crippen LogP contribution in [0.1, 0.15) is 58.7 Å². The summed E-state index contributed by atoms with van der Waals surface area (Å²) in [6, 6.07) is 8.86. The van der Waals surface area contributed by atoms with Gasteiger partial charge in [-0.05, 0) is 29.5 Å². The zero-order chi connectivity index (χ0) is 16.2. The molecule has 120 valence electrons. The zero-order valence-electron chi connectivity index (χ0n) is 14.6. The zero-order valence-corrected chi connectivity index (χ0v) is 15.4. The van der Waals surface area contributed by atoms with Crippen LogP contribution in [-0.4, -0.2) is 22.3 Å². The van der Waals surface area contributed by atoms with Gasteiger partial charge in [0, 0.05) is 27.8 Å². The largest absolute Gasteiger partial charge is 0.312 e. The van der Waals surface area contributed by atoms with Crippen LogP contribution < -0.4 is 5.32 Å². The van der Waals surface area contributed by atoms with Crippen molar-refractivity contribution in [3.63, 3.8) is 0 Å². The number of nitrogens with one attached hydrogen (secondary N) is 1. The van der Waals surface area contributed by atoms with E-state index in [1.165, 1.54) is 11.1 Å². The van der Waals surface area contributed by atoms with Crippen molar-refractivity contribution in [1.29, 1.82) is 0 Å². The van der Waals surface area contributed by atoms with E-state index in [0.29, 0.717) is 11.7 Å². The van der Waals surface area contributed by atoms with Crippen molar-refractivity contribution in [3.05, 3.63) is 35.4 Å². The molecule has 0 aliphatic rings. The van der Waals surface area contributed by atoms with Crippen molar-refractivity contribution in [3.8, 4) is 0 Å². The van der Waals surface area contributed by atoms with Crippen LogP contribution in [0.2, 0.25) is 0 Å². The maximum absolute atomic E-state index is 12.4. The molecule has 0 aliphatic carbocycles. The third kappa shape index (κ3) is 5.23. The molecule has 0 heterocycles. The summed E-state index contributed by atoms with van der Waals surface area (Å²) in [6.45, 7) is 13.0. The van der Waals surface area contributed by atoms with Crippen molar-refractivity contribution >= 4 is 10.8 Å². The molecule has 1 N–H and O–H groups in total. The van der Waals surface area contributed by atoms with Gasteiger partial charge in [0.1, 0.15) is 0 Å². The van der Waals surface area contributed by atoms with Crippen LogP contribution in [0.15, 0.2) is 24.3 Å². The number of hydrogen-bond acceptors (Lipinski definition) is 2. The van der Waals surface area contributed by atoms with E-state index < -0.39 is 10.8 Å². The molecule has 21 heavy (non-hydrogen) atoms. The minimum Gasteiger partial charge on any atom is -0.312 e. The molecule has 0 aromatic heterocycles. The second-order valence-electron chi connectivity index (χ2n) is 7.21. The Hall–Kier alpha value is -0.670. The average Bonchev–Trinajstić information content (AvgIpc) is 2.42.